The summed E-state index contributed by atoms with van der Waals surface area (Å²) in [6, 6.07) is 10.2. The average molecular weight is 483 g/mol. The van der Waals surface area contributed by atoms with Crippen molar-refractivity contribution in [2.45, 2.75) is 19.9 Å². The van der Waals surface area contributed by atoms with E-state index in [1.165, 1.54) is 0 Å². The number of benzene rings is 1. The first-order chi connectivity index (χ1) is 15.9. The third-order valence-corrected chi connectivity index (χ3v) is 7.05. The normalized spacial score (nSPS) is 18.7. The lowest BCUT2D eigenvalue weighted by atomic mass is 10.1. The lowest BCUT2D eigenvalue weighted by Gasteiger charge is -2.38. The van der Waals surface area contributed by atoms with Gasteiger partial charge in [-0.1, -0.05) is 17.7 Å². The van der Waals surface area contributed by atoms with E-state index in [-0.39, 0.29) is 5.24 Å². The van der Waals surface area contributed by atoms with Gasteiger partial charge in [0.1, 0.15) is 0 Å². The second-order valence-corrected chi connectivity index (χ2v) is 9.73. The molecule has 1 N–H and O–H groups in total. The lowest BCUT2D eigenvalue weighted by Crippen LogP contribution is -2.49. The van der Waals surface area contributed by atoms with Gasteiger partial charge in [-0.15, -0.1) is 0 Å². The molecular weight excluding hydrogens is 460 g/mol. The highest BCUT2D eigenvalue weighted by atomic mass is 35.5. The molecule has 5 rings (SSSR count). The summed E-state index contributed by atoms with van der Waals surface area (Å²) in [6.45, 7) is 8.38. The molecule has 2 fully saturated rings. The number of carbonyl (C=O) groups is 2. The first-order valence-corrected chi connectivity index (χ1v) is 12.0. The second kappa shape index (κ2) is 8.81. The topological polar surface area (TPSA) is 82.8 Å². The van der Waals surface area contributed by atoms with Crippen LogP contribution in [0.1, 0.15) is 19.5 Å². The zero-order valence-corrected chi connectivity index (χ0v) is 19.9. The molecule has 0 radical (unpaired) electrons. The number of anilines is 1. The van der Waals surface area contributed by atoms with Gasteiger partial charge in [0, 0.05) is 37.8 Å². The van der Waals surface area contributed by atoms with E-state index >= 15 is 0 Å². The summed E-state index contributed by atoms with van der Waals surface area (Å²) in [5.74, 6) is -0.408. The zero-order valence-electron chi connectivity index (χ0n) is 18.3. The second-order valence-electron chi connectivity index (χ2n) is 8.31. The van der Waals surface area contributed by atoms with Crippen LogP contribution in [0.2, 0.25) is 5.02 Å². The van der Waals surface area contributed by atoms with Crippen LogP contribution in [0.4, 0.5) is 10.5 Å². The standard InChI is InChI=1S/C23H23ClN6O2S/c1-14(2)28-7-9-29(10-8-28)18-5-3-15(11-17(18)24)19-13-25-21-6-4-16(27-30(19)21)12-20-22(31)26-23(32)33-20/h3-6,11-14H,7-10H2,1-2H3,(H,26,31,32). The highest BCUT2D eigenvalue weighted by Gasteiger charge is 2.25. The van der Waals surface area contributed by atoms with Crippen LogP contribution in [0.25, 0.3) is 23.0 Å². The number of hydrogen-bond acceptors (Lipinski definition) is 7. The quantitative estimate of drug-likeness (QED) is 0.564. The number of fused-ring (bicyclic) bond motifs is 1. The van der Waals surface area contributed by atoms with Crippen LogP contribution in [-0.4, -0.2) is 62.9 Å². The molecule has 0 bridgehead atoms. The molecular formula is C23H23ClN6O2S. The fourth-order valence-corrected chi connectivity index (χ4v) is 5.09. The molecule has 8 nitrogen and oxygen atoms in total. The van der Waals surface area contributed by atoms with Crippen LogP contribution >= 0.6 is 23.4 Å². The molecule has 3 aromatic rings. The van der Waals surface area contributed by atoms with E-state index in [0.29, 0.717) is 27.3 Å². The molecule has 0 aliphatic carbocycles. The van der Waals surface area contributed by atoms with E-state index in [1.54, 1.807) is 22.9 Å². The number of thioether (sulfide) groups is 1. The molecule has 2 saturated heterocycles. The number of aromatic nitrogens is 3. The maximum atomic E-state index is 11.9. The monoisotopic (exact) mass is 482 g/mol. The van der Waals surface area contributed by atoms with Crippen molar-refractivity contribution in [3.8, 4) is 11.3 Å². The van der Waals surface area contributed by atoms with Crippen LogP contribution in [0, 0.1) is 0 Å². The number of amides is 2. The van der Waals surface area contributed by atoms with Crippen LogP contribution in [0.3, 0.4) is 0 Å². The predicted molar refractivity (Wildman–Crippen MR) is 131 cm³/mol. The molecule has 0 unspecified atom stereocenters. The Bertz CT molecular complexity index is 1280. The van der Waals surface area contributed by atoms with Crippen molar-refractivity contribution >= 4 is 51.9 Å². The predicted octanol–water partition coefficient (Wildman–Crippen LogP) is 3.90. The summed E-state index contributed by atoms with van der Waals surface area (Å²) in [4.78, 5) is 32.8. The summed E-state index contributed by atoms with van der Waals surface area (Å²) in [5.41, 5.74) is 3.96. The molecule has 0 saturated carbocycles. The van der Waals surface area contributed by atoms with E-state index < -0.39 is 5.91 Å². The highest BCUT2D eigenvalue weighted by molar-refractivity contribution is 8.18. The molecule has 0 spiro atoms. The molecule has 0 atom stereocenters. The van der Waals surface area contributed by atoms with Crippen LogP contribution in [-0.2, 0) is 4.79 Å². The van der Waals surface area contributed by atoms with Gasteiger partial charge >= 0.3 is 0 Å². The maximum Gasteiger partial charge on any atom is 0.290 e. The van der Waals surface area contributed by atoms with Gasteiger partial charge in [0.15, 0.2) is 5.65 Å². The highest BCUT2D eigenvalue weighted by Crippen LogP contribution is 2.32. The Morgan fingerprint density at radius 3 is 2.58 bits per heavy atom. The minimum absolute atomic E-state index is 0.318. The third-order valence-electron chi connectivity index (χ3n) is 5.93. The van der Waals surface area contributed by atoms with Crippen molar-refractivity contribution in [3.05, 3.63) is 52.2 Å². The number of imide groups is 1. The number of piperazine rings is 1. The van der Waals surface area contributed by atoms with Crippen molar-refractivity contribution in [2.75, 3.05) is 31.1 Å². The minimum atomic E-state index is -0.408. The Balaban J connectivity index is 1.42. The number of nitrogens with zero attached hydrogens (tertiary/aromatic N) is 5. The SMILES string of the molecule is CC(C)N1CCN(c2ccc(-c3cnc4ccc(C=C5SC(=O)NC5=O)nn34)cc2Cl)CC1. The zero-order chi connectivity index (χ0) is 23.1. The average Bonchev–Trinajstić information content (AvgIpc) is 3.35. The van der Waals surface area contributed by atoms with Crippen molar-refractivity contribution in [1.29, 1.82) is 0 Å². The molecule has 170 valence electrons. The smallest absolute Gasteiger partial charge is 0.290 e. The van der Waals surface area contributed by atoms with Crippen LogP contribution in [0.15, 0.2) is 41.4 Å². The molecule has 2 aromatic heterocycles. The third kappa shape index (κ3) is 4.36. The molecule has 1 aromatic carbocycles. The number of hydrogen-bond donors (Lipinski definition) is 1. The summed E-state index contributed by atoms with van der Waals surface area (Å²) in [5, 5.41) is 7.18. The largest absolute Gasteiger partial charge is 0.368 e. The van der Waals surface area contributed by atoms with E-state index in [1.807, 2.05) is 18.2 Å². The molecule has 4 heterocycles. The Kier molecular flexibility index (Phi) is 5.86. The van der Waals surface area contributed by atoms with Gasteiger partial charge in [-0.2, -0.15) is 5.10 Å². The van der Waals surface area contributed by atoms with Gasteiger partial charge in [0.05, 0.1) is 33.2 Å². The Hall–Kier alpha value is -2.88. The van der Waals surface area contributed by atoms with Gasteiger partial charge in [0.2, 0.25) is 0 Å². The molecule has 33 heavy (non-hydrogen) atoms. The maximum absolute atomic E-state index is 11.9. The van der Waals surface area contributed by atoms with E-state index in [4.69, 9.17) is 11.6 Å². The van der Waals surface area contributed by atoms with Gasteiger partial charge < -0.3 is 4.90 Å². The van der Waals surface area contributed by atoms with Crippen molar-refractivity contribution in [1.82, 2.24) is 24.8 Å². The van der Waals surface area contributed by atoms with Crippen LogP contribution in [0.5, 0.6) is 0 Å². The summed E-state index contributed by atoms with van der Waals surface area (Å²) >= 11 is 7.58. The number of halogens is 1. The first kappa shape index (κ1) is 21.9. The van der Waals surface area contributed by atoms with Gasteiger partial charge in [-0.25, -0.2) is 9.50 Å². The number of imidazole rings is 1. The van der Waals surface area contributed by atoms with Crippen molar-refractivity contribution in [3.63, 3.8) is 0 Å². The lowest BCUT2D eigenvalue weighted by molar-refractivity contribution is -0.115. The Morgan fingerprint density at radius 1 is 1.12 bits per heavy atom. The summed E-state index contributed by atoms with van der Waals surface area (Å²) in [7, 11) is 0. The van der Waals surface area contributed by atoms with E-state index in [9.17, 15) is 9.59 Å². The van der Waals surface area contributed by atoms with E-state index in [2.05, 4.69) is 45.1 Å². The molecule has 2 aliphatic heterocycles. The fraction of sp³-hybridized carbons (Fsp3) is 0.304. The molecule has 2 aliphatic rings. The van der Waals surface area contributed by atoms with Crippen molar-refractivity contribution in [2.24, 2.45) is 0 Å². The minimum Gasteiger partial charge on any atom is -0.368 e. The van der Waals surface area contributed by atoms with Crippen molar-refractivity contribution < 1.29 is 9.59 Å². The van der Waals surface area contributed by atoms with E-state index in [0.717, 1.165) is 54.9 Å². The van der Waals surface area contributed by atoms with Crippen LogP contribution < -0.4 is 10.2 Å². The summed E-state index contributed by atoms with van der Waals surface area (Å²) in [6.07, 6.45) is 3.35. The number of carbonyl (C=O) groups excluding carboxylic acids is 2. The Morgan fingerprint density at radius 2 is 1.91 bits per heavy atom. The number of rotatable bonds is 4. The van der Waals surface area contributed by atoms with Gasteiger partial charge in [-0.3, -0.25) is 19.8 Å². The van der Waals surface area contributed by atoms with Gasteiger partial charge in [-0.05, 0) is 56.0 Å². The molecule has 2 amide bonds. The first-order valence-electron chi connectivity index (χ1n) is 10.8. The number of nitrogens with one attached hydrogen (secondary N) is 1. The Labute approximate surface area is 200 Å². The van der Waals surface area contributed by atoms with Gasteiger partial charge in [0.25, 0.3) is 11.1 Å². The summed E-state index contributed by atoms with van der Waals surface area (Å²) < 4.78 is 1.72. The fourth-order valence-electron chi connectivity index (χ4n) is 4.12. The molecule has 10 heteroatoms.